The smallest absolute Gasteiger partial charge is 0.328 e. The molecule has 6 heteroatoms. The summed E-state index contributed by atoms with van der Waals surface area (Å²) in [6, 6.07) is 5.44. The highest BCUT2D eigenvalue weighted by Crippen LogP contribution is 2.13. The maximum Gasteiger partial charge on any atom is 0.328 e. The maximum atomic E-state index is 11.7. The van der Waals surface area contributed by atoms with Gasteiger partial charge in [-0.05, 0) is 52.0 Å². The number of urea groups is 1. The van der Waals surface area contributed by atoms with Gasteiger partial charge >= 0.3 is 12.0 Å². The van der Waals surface area contributed by atoms with Crippen molar-refractivity contribution in [2.45, 2.75) is 39.3 Å². The number of carbonyl (C=O) groups is 2. The summed E-state index contributed by atoms with van der Waals surface area (Å²) < 4.78 is 5.17. The van der Waals surface area contributed by atoms with Gasteiger partial charge in [-0.3, -0.25) is 0 Å². The number of hydrogen-bond donors (Lipinski definition) is 2. The third-order valence-corrected chi connectivity index (χ3v) is 2.46. The lowest BCUT2D eigenvalue weighted by Crippen LogP contribution is -2.43. The average Bonchev–Trinajstić information content (AvgIpc) is 2.29. The molecule has 1 atom stereocenters. The molecule has 0 saturated carbocycles. The van der Waals surface area contributed by atoms with Crippen LogP contribution in [0.1, 0.15) is 27.7 Å². The van der Waals surface area contributed by atoms with E-state index in [1.54, 1.807) is 52.0 Å². The Morgan fingerprint density at radius 2 is 1.75 bits per heavy atom. The molecule has 0 heterocycles. The van der Waals surface area contributed by atoms with Crippen LogP contribution in [-0.4, -0.2) is 23.6 Å². The maximum absolute atomic E-state index is 11.7. The molecule has 0 aromatic heterocycles. The second-order valence-electron chi connectivity index (χ2n) is 5.36. The first-order valence-electron chi connectivity index (χ1n) is 6.23. The average molecular weight is 299 g/mol. The molecule has 0 aliphatic carbocycles. The molecule has 0 bridgehead atoms. The van der Waals surface area contributed by atoms with E-state index in [1.165, 1.54) is 0 Å². The van der Waals surface area contributed by atoms with Gasteiger partial charge in [0, 0.05) is 10.7 Å². The second kappa shape index (κ2) is 6.61. The van der Waals surface area contributed by atoms with Crippen molar-refractivity contribution >= 4 is 29.3 Å². The molecule has 20 heavy (non-hydrogen) atoms. The molecule has 0 aliphatic heterocycles. The fourth-order valence-corrected chi connectivity index (χ4v) is 1.47. The fraction of sp³-hybridized carbons (Fsp3) is 0.429. The van der Waals surface area contributed by atoms with Crippen molar-refractivity contribution in [1.82, 2.24) is 5.32 Å². The van der Waals surface area contributed by atoms with E-state index in [0.29, 0.717) is 10.7 Å². The second-order valence-corrected chi connectivity index (χ2v) is 5.80. The Morgan fingerprint density at radius 1 is 1.20 bits per heavy atom. The normalized spacial score (nSPS) is 12.4. The number of rotatable bonds is 3. The quantitative estimate of drug-likeness (QED) is 0.842. The number of nitrogens with one attached hydrogen (secondary N) is 2. The van der Waals surface area contributed by atoms with Crippen LogP contribution < -0.4 is 10.6 Å². The van der Waals surface area contributed by atoms with Crippen LogP contribution in [0.4, 0.5) is 10.5 Å². The third-order valence-electron chi connectivity index (χ3n) is 2.21. The monoisotopic (exact) mass is 298 g/mol. The van der Waals surface area contributed by atoms with Crippen LogP contribution in [0.15, 0.2) is 24.3 Å². The van der Waals surface area contributed by atoms with Gasteiger partial charge in [0.2, 0.25) is 0 Å². The van der Waals surface area contributed by atoms with Crippen LogP contribution in [0.25, 0.3) is 0 Å². The zero-order valence-electron chi connectivity index (χ0n) is 12.0. The number of halogens is 1. The number of esters is 1. The van der Waals surface area contributed by atoms with Gasteiger partial charge in [-0.15, -0.1) is 0 Å². The lowest BCUT2D eigenvalue weighted by atomic mass is 10.2. The molecule has 1 aromatic carbocycles. The zero-order chi connectivity index (χ0) is 15.3. The summed E-state index contributed by atoms with van der Waals surface area (Å²) in [5.41, 5.74) is 0.00273. The molecule has 0 saturated heterocycles. The SMILES string of the molecule is C[C@@H](NC(=O)Nc1ccc(Cl)cc1)C(=O)OC(C)(C)C. The Kier molecular flexibility index (Phi) is 5.39. The first-order chi connectivity index (χ1) is 9.17. The molecular formula is C14H19ClN2O3. The Balaban J connectivity index is 2.49. The molecule has 1 rings (SSSR count). The van der Waals surface area contributed by atoms with Crippen LogP contribution in [0.3, 0.4) is 0 Å². The molecule has 0 aliphatic rings. The first-order valence-corrected chi connectivity index (χ1v) is 6.61. The summed E-state index contributed by atoms with van der Waals surface area (Å²) >= 11 is 5.75. The van der Waals surface area contributed by atoms with E-state index >= 15 is 0 Å². The number of anilines is 1. The van der Waals surface area contributed by atoms with Crippen molar-refractivity contribution in [3.8, 4) is 0 Å². The Hall–Kier alpha value is -1.75. The minimum absolute atomic E-state index is 0.481. The van der Waals surface area contributed by atoms with Gasteiger partial charge in [-0.1, -0.05) is 11.6 Å². The molecule has 0 radical (unpaired) electrons. The van der Waals surface area contributed by atoms with Crippen molar-refractivity contribution < 1.29 is 14.3 Å². The van der Waals surface area contributed by atoms with Crippen LogP contribution in [0.5, 0.6) is 0 Å². The molecule has 110 valence electrons. The summed E-state index contributed by atoms with van der Waals surface area (Å²) in [5, 5.41) is 5.69. The summed E-state index contributed by atoms with van der Waals surface area (Å²) in [7, 11) is 0. The number of hydrogen-bond acceptors (Lipinski definition) is 3. The third kappa shape index (κ3) is 5.93. The minimum atomic E-state index is -0.735. The predicted octanol–water partition coefficient (Wildman–Crippen LogP) is 3.19. The van der Waals surface area contributed by atoms with Gasteiger partial charge < -0.3 is 15.4 Å². The van der Waals surface area contributed by atoms with E-state index < -0.39 is 23.6 Å². The van der Waals surface area contributed by atoms with Crippen LogP contribution in [0, 0.1) is 0 Å². The van der Waals surface area contributed by atoms with E-state index in [1.807, 2.05) is 0 Å². The molecule has 2 amide bonds. The fourth-order valence-electron chi connectivity index (χ4n) is 1.35. The largest absolute Gasteiger partial charge is 0.458 e. The first kappa shape index (κ1) is 16.3. The predicted molar refractivity (Wildman–Crippen MR) is 78.9 cm³/mol. The molecule has 0 unspecified atom stereocenters. The number of benzene rings is 1. The van der Waals surface area contributed by atoms with Crippen molar-refractivity contribution in [3.05, 3.63) is 29.3 Å². The zero-order valence-corrected chi connectivity index (χ0v) is 12.7. The molecule has 1 aromatic rings. The lowest BCUT2D eigenvalue weighted by molar-refractivity contribution is -0.156. The molecular weight excluding hydrogens is 280 g/mol. The summed E-state index contributed by atoms with van der Waals surface area (Å²) in [5.74, 6) is -0.483. The van der Waals surface area contributed by atoms with Crippen molar-refractivity contribution in [1.29, 1.82) is 0 Å². The van der Waals surface area contributed by atoms with Crippen LogP contribution in [-0.2, 0) is 9.53 Å². The van der Waals surface area contributed by atoms with Crippen LogP contribution >= 0.6 is 11.6 Å². The molecule has 2 N–H and O–H groups in total. The lowest BCUT2D eigenvalue weighted by Gasteiger charge is -2.22. The van der Waals surface area contributed by atoms with Crippen molar-refractivity contribution in [2.24, 2.45) is 0 Å². The van der Waals surface area contributed by atoms with Crippen molar-refractivity contribution in [3.63, 3.8) is 0 Å². The molecule has 0 fully saturated rings. The van der Waals surface area contributed by atoms with Gasteiger partial charge in [-0.2, -0.15) is 0 Å². The highest BCUT2D eigenvalue weighted by molar-refractivity contribution is 6.30. The minimum Gasteiger partial charge on any atom is -0.458 e. The Morgan fingerprint density at radius 3 is 2.25 bits per heavy atom. The Labute approximate surface area is 123 Å². The number of amides is 2. The van der Waals surface area contributed by atoms with E-state index in [9.17, 15) is 9.59 Å². The van der Waals surface area contributed by atoms with Crippen LogP contribution in [0.2, 0.25) is 5.02 Å². The highest BCUT2D eigenvalue weighted by atomic mass is 35.5. The van der Waals surface area contributed by atoms with Crippen molar-refractivity contribution in [2.75, 3.05) is 5.32 Å². The van der Waals surface area contributed by atoms with E-state index in [-0.39, 0.29) is 0 Å². The molecule has 0 spiro atoms. The number of carbonyl (C=O) groups excluding carboxylic acids is 2. The van der Waals surface area contributed by atoms with Gasteiger partial charge in [-0.25, -0.2) is 9.59 Å². The highest BCUT2D eigenvalue weighted by Gasteiger charge is 2.22. The van der Waals surface area contributed by atoms with Gasteiger partial charge in [0.1, 0.15) is 11.6 Å². The molecule has 5 nitrogen and oxygen atoms in total. The topological polar surface area (TPSA) is 67.4 Å². The van der Waals surface area contributed by atoms with E-state index in [2.05, 4.69) is 10.6 Å². The van der Waals surface area contributed by atoms with Gasteiger partial charge in [0.25, 0.3) is 0 Å². The standard InChI is InChI=1S/C14H19ClN2O3/c1-9(12(18)20-14(2,3)4)16-13(19)17-11-7-5-10(15)6-8-11/h5-9H,1-4H3,(H2,16,17,19)/t9-/m1/s1. The Bertz CT molecular complexity index is 480. The summed E-state index contributed by atoms with van der Waals surface area (Å²) in [4.78, 5) is 23.4. The number of ether oxygens (including phenoxy) is 1. The van der Waals surface area contributed by atoms with Gasteiger partial charge in [0.15, 0.2) is 0 Å². The van der Waals surface area contributed by atoms with Gasteiger partial charge in [0.05, 0.1) is 0 Å². The summed E-state index contributed by atoms with van der Waals surface area (Å²) in [6.07, 6.45) is 0. The van der Waals surface area contributed by atoms with E-state index in [4.69, 9.17) is 16.3 Å². The summed E-state index contributed by atoms with van der Waals surface area (Å²) in [6.45, 7) is 6.87. The van der Waals surface area contributed by atoms with E-state index in [0.717, 1.165) is 0 Å².